The number of hydrogen-bond acceptors (Lipinski definition) is 4. The van der Waals surface area contributed by atoms with Crippen molar-refractivity contribution in [1.82, 2.24) is 19.5 Å². The summed E-state index contributed by atoms with van der Waals surface area (Å²) in [5.74, 6) is 2.76. The molecule has 0 aromatic carbocycles. The molecule has 1 N–H and O–H groups in total. The molecule has 2 aromatic heterocycles. The topological polar surface area (TPSA) is 55.6 Å². The van der Waals surface area contributed by atoms with Crippen molar-refractivity contribution in [3.05, 3.63) is 35.8 Å². The molecule has 0 saturated carbocycles. The Morgan fingerprint density at radius 2 is 2.17 bits per heavy atom. The first-order valence-electron chi connectivity index (χ1n) is 6.25. The molecule has 5 heteroatoms. The zero-order chi connectivity index (χ0) is 13.0. The lowest BCUT2D eigenvalue weighted by Gasteiger charge is -2.08. The second kappa shape index (κ2) is 5.62. The fourth-order valence-corrected chi connectivity index (χ4v) is 1.92. The van der Waals surface area contributed by atoms with Crippen molar-refractivity contribution in [2.24, 2.45) is 0 Å². The highest BCUT2D eigenvalue weighted by molar-refractivity contribution is 5.34. The molecule has 96 valence electrons. The van der Waals surface area contributed by atoms with E-state index in [0.29, 0.717) is 6.54 Å². The number of hydrogen-bond donors (Lipinski definition) is 1. The van der Waals surface area contributed by atoms with Gasteiger partial charge in [-0.15, -0.1) is 0 Å². The minimum atomic E-state index is 0.672. The highest BCUT2D eigenvalue weighted by Crippen LogP contribution is 2.08. The van der Waals surface area contributed by atoms with Crippen LogP contribution in [0.1, 0.15) is 30.7 Å². The number of nitrogens with zero attached hydrogens (tertiary/aromatic N) is 4. The smallest absolute Gasteiger partial charge is 0.150 e. The van der Waals surface area contributed by atoms with E-state index in [2.05, 4.69) is 31.8 Å². The maximum Gasteiger partial charge on any atom is 0.150 e. The van der Waals surface area contributed by atoms with E-state index in [0.717, 1.165) is 36.0 Å². The van der Waals surface area contributed by atoms with E-state index in [1.54, 1.807) is 0 Å². The summed E-state index contributed by atoms with van der Waals surface area (Å²) in [7, 11) is 1.87. The molecule has 0 spiro atoms. The molecule has 0 aliphatic rings. The number of imidazole rings is 1. The quantitative estimate of drug-likeness (QED) is 0.875. The van der Waals surface area contributed by atoms with Crippen LogP contribution in [0.4, 0.5) is 5.82 Å². The molecule has 0 unspecified atom stereocenters. The lowest BCUT2D eigenvalue weighted by molar-refractivity contribution is 0.676. The van der Waals surface area contributed by atoms with Crippen LogP contribution in [0.2, 0.25) is 0 Å². The normalized spacial score (nSPS) is 10.6. The average Bonchev–Trinajstić information content (AvgIpc) is 2.76. The number of aryl methyl sites for hydroxylation is 2. The van der Waals surface area contributed by atoms with Crippen molar-refractivity contribution in [3.63, 3.8) is 0 Å². The predicted octanol–water partition coefficient (Wildman–Crippen LogP) is 2.02. The molecule has 0 bridgehead atoms. The van der Waals surface area contributed by atoms with Gasteiger partial charge in [-0.3, -0.25) is 0 Å². The lowest BCUT2D eigenvalue weighted by atomic mass is 10.3. The lowest BCUT2D eigenvalue weighted by Crippen LogP contribution is -2.09. The fraction of sp³-hybridized carbons (Fsp3) is 0.462. The van der Waals surface area contributed by atoms with Crippen molar-refractivity contribution < 1.29 is 0 Å². The van der Waals surface area contributed by atoms with Gasteiger partial charge in [0.25, 0.3) is 0 Å². The number of rotatable bonds is 5. The van der Waals surface area contributed by atoms with Crippen LogP contribution in [0.25, 0.3) is 0 Å². The third-order valence-corrected chi connectivity index (χ3v) is 2.74. The fourth-order valence-electron chi connectivity index (χ4n) is 1.92. The van der Waals surface area contributed by atoms with E-state index in [9.17, 15) is 0 Å². The average molecular weight is 245 g/mol. The largest absolute Gasteiger partial charge is 0.373 e. The summed E-state index contributed by atoms with van der Waals surface area (Å²) >= 11 is 0. The monoisotopic (exact) mass is 245 g/mol. The Morgan fingerprint density at radius 3 is 2.89 bits per heavy atom. The van der Waals surface area contributed by atoms with Crippen LogP contribution >= 0.6 is 0 Å². The van der Waals surface area contributed by atoms with Gasteiger partial charge in [0.05, 0.1) is 6.54 Å². The SMILES string of the molecule is CCCc1nccn1Cc1nc(C)cc(NC)n1. The van der Waals surface area contributed by atoms with Crippen LogP contribution in [0.3, 0.4) is 0 Å². The molecule has 5 nitrogen and oxygen atoms in total. The van der Waals surface area contributed by atoms with E-state index in [4.69, 9.17) is 0 Å². The Kier molecular flexibility index (Phi) is 3.92. The first-order chi connectivity index (χ1) is 8.72. The molecule has 0 saturated heterocycles. The van der Waals surface area contributed by atoms with Crippen LogP contribution in [0.5, 0.6) is 0 Å². The number of aromatic nitrogens is 4. The standard InChI is InChI=1S/C13H19N5/c1-4-5-13-15-6-7-18(13)9-12-16-10(2)8-11(14-3)17-12/h6-8H,4-5,9H2,1-3H3,(H,14,16,17). The van der Waals surface area contributed by atoms with Gasteiger partial charge < -0.3 is 9.88 Å². The second-order valence-corrected chi connectivity index (χ2v) is 4.28. The van der Waals surface area contributed by atoms with E-state index >= 15 is 0 Å². The van der Waals surface area contributed by atoms with Gasteiger partial charge in [-0.2, -0.15) is 0 Å². The van der Waals surface area contributed by atoms with E-state index < -0.39 is 0 Å². The van der Waals surface area contributed by atoms with Crippen molar-refractivity contribution >= 4 is 5.82 Å². The Morgan fingerprint density at radius 1 is 1.33 bits per heavy atom. The first kappa shape index (κ1) is 12.5. The van der Waals surface area contributed by atoms with Crippen molar-refractivity contribution in [2.75, 3.05) is 12.4 Å². The van der Waals surface area contributed by atoms with Crippen molar-refractivity contribution in [1.29, 1.82) is 0 Å². The van der Waals surface area contributed by atoms with Crippen LogP contribution in [-0.4, -0.2) is 26.6 Å². The highest BCUT2D eigenvalue weighted by atomic mass is 15.1. The minimum absolute atomic E-state index is 0.672. The van der Waals surface area contributed by atoms with Crippen LogP contribution in [0.15, 0.2) is 18.5 Å². The zero-order valence-electron chi connectivity index (χ0n) is 11.1. The summed E-state index contributed by atoms with van der Waals surface area (Å²) in [6.45, 7) is 4.81. The first-order valence-corrected chi connectivity index (χ1v) is 6.25. The van der Waals surface area contributed by atoms with Crippen LogP contribution in [0, 0.1) is 6.92 Å². The molecule has 0 atom stereocenters. The van der Waals surface area contributed by atoms with Gasteiger partial charge >= 0.3 is 0 Å². The third-order valence-electron chi connectivity index (χ3n) is 2.74. The van der Waals surface area contributed by atoms with Crippen LogP contribution in [-0.2, 0) is 13.0 Å². The second-order valence-electron chi connectivity index (χ2n) is 4.28. The summed E-state index contributed by atoms with van der Waals surface area (Å²) in [4.78, 5) is 13.3. The summed E-state index contributed by atoms with van der Waals surface area (Å²) in [5, 5.41) is 3.05. The van der Waals surface area contributed by atoms with Gasteiger partial charge in [0, 0.05) is 37.6 Å². The van der Waals surface area contributed by atoms with Gasteiger partial charge in [-0.25, -0.2) is 15.0 Å². The third kappa shape index (κ3) is 2.85. The summed E-state index contributed by atoms with van der Waals surface area (Å²) < 4.78 is 2.11. The van der Waals surface area contributed by atoms with Gasteiger partial charge in [0.15, 0.2) is 5.82 Å². The number of nitrogens with one attached hydrogen (secondary N) is 1. The molecule has 18 heavy (non-hydrogen) atoms. The molecule has 0 amide bonds. The molecule has 0 fully saturated rings. The Bertz CT molecular complexity index is 518. The maximum absolute atomic E-state index is 4.46. The van der Waals surface area contributed by atoms with Gasteiger partial charge in [0.1, 0.15) is 11.6 Å². The summed E-state index contributed by atoms with van der Waals surface area (Å²) in [6.07, 6.45) is 5.89. The van der Waals surface area contributed by atoms with E-state index in [-0.39, 0.29) is 0 Å². The van der Waals surface area contributed by atoms with Gasteiger partial charge in [-0.1, -0.05) is 6.92 Å². The van der Waals surface area contributed by atoms with Crippen molar-refractivity contribution in [3.8, 4) is 0 Å². The number of anilines is 1. The Hall–Kier alpha value is -1.91. The molecule has 0 aliphatic carbocycles. The molecular formula is C13H19N5. The molecule has 0 aliphatic heterocycles. The zero-order valence-corrected chi connectivity index (χ0v) is 11.1. The van der Waals surface area contributed by atoms with E-state index in [1.807, 2.05) is 32.4 Å². The Balaban J connectivity index is 2.22. The Labute approximate surface area is 107 Å². The summed E-state index contributed by atoms with van der Waals surface area (Å²) in [6, 6.07) is 1.93. The maximum atomic E-state index is 4.46. The molecule has 2 aromatic rings. The molecule has 0 radical (unpaired) electrons. The summed E-state index contributed by atoms with van der Waals surface area (Å²) in [5.41, 5.74) is 0.974. The molecular weight excluding hydrogens is 226 g/mol. The predicted molar refractivity (Wildman–Crippen MR) is 71.6 cm³/mol. The van der Waals surface area contributed by atoms with Gasteiger partial charge in [0.2, 0.25) is 0 Å². The molecule has 2 rings (SSSR count). The van der Waals surface area contributed by atoms with Crippen molar-refractivity contribution in [2.45, 2.75) is 33.2 Å². The van der Waals surface area contributed by atoms with Crippen LogP contribution < -0.4 is 5.32 Å². The van der Waals surface area contributed by atoms with E-state index in [1.165, 1.54) is 0 Å². The van der Waals surface area contributed by atoms with Gasteiger partial charge in [-0.05, 0) is 13.3 Å². The molecule has 2 heterocycles. The minimum Gasteiger partial charge on any atom is -0.373 e. The highest BCUT2D eigenvalue weighted by Gasteiger charge is 2.06.